The van der Waals surface area contributed by atoms with Crippen LogP contribution in [-0.2, 0) is 10.2 Å². The van der Waals surface area contributed by atoms with E-state index in [2.05, 4.69) is 5.32 Å². The molecule has 3 nitrogen and oxygen atoms in total. The van der Waals surface area contributed by atoms with Crippen molar-refractivity contribution < 1.29 is 9.18 Å². The average Bonchev–Trinajstić information content (AvgIpc) is 3.29. The Balaban J connectivity index is 0.00000161. The molecule has 1 aromatic carbocycles. The largest absolute Gasteiger partial charge is 0.340 e. The maximum atomic E-state index is 13.0. The van der Waals surface area contributed by atoms with Gasteiger partial charge in [0.2, 0.25) is 5.91 Å². The highest BCUT2D eigenvalue weighted by Crippen LogP contribution is 2.49. The summed E-state index contributed by atoms with van der Waals surface area (Å²) in [6.45, 7) is 1.64. The predicted octanol–water partition coefficient (Wildman–Crippen LogP) is 2.49. The van der Waals surface area contributed by atoms with Crippen LogP contribution in [0.2, 0.25) is 0 Å². The van der Waals surface area contributed by atoms with E-state index < -0.39 is 0 Å². The molecule has 0 radical (unpaired) electrons. The third-order valence-electron chi connectivity index (χ3n) is 4.67. The number of carbonyl (C=O) groups is 1. The Bertz CT molecular complexity index is 502. The summed E-state index contributed by atoms with van der Waals surface area (Å²) in [7, 11) is 1.95. The smallest absolute Gasteiger partial charge is 0.233 e. The van der Waals surface area contributed by atoms with Crippen molar-refractivity contribution in [3.8, 4) is 0 Å². The maximum Gasteiger partial charge on any atom is 0.233 e. The molecule has 116 valence electrons. The summed E-state index contributed by atoms with van der Waals surface area (Å²) in [4.78, 5) is 14.8. The summed E-state index contributed by atoms with van der Waals surface area (Å²) in [5, 5.41) is 3.26. The Labute approximate surface area is 131 Å². The Morgan fingerprint density at radius 3 is 2.57 bits per heavy atom. The minimum Gasteiger partial charge on any atom is -0.340 e. The van der Waals surface area contributed by atoms with Crippen molar-refractivity contribution in [2.75, 3.05) is 20.1 Å². The van der Waals surface area contributed by atoms with Gasteiger partial charge in [0.1, 0.15) is 5.82 Å². The van der Waals surface area contributed by atoms with E-state index in [9.17, 15) is 9.18 Å². The first-order valence-electron chi connectivity index (χ1n) is 7.38. The van der Waals surface area contributed by atoms with E-state index in [1.165, 1.54) is 12.1 Å². The number of rotatable bonds is 3. The summed E-state index contributed by atoms with van der Waals surface area (Å²) in [5.74, 6) is -0.0192. The van der Waals surface area contributed by atoms with Gasteiger partial charge < -0.3 is 10.2 Å². The number of benzene rings is 1. The molecule has 3 rings (SSSR count). The van der Waals surface area contributed by atoms with E-state index in [0.717, 1.165) is 44.3 Å². The molecule has 1 aromatic rings. The zero-order chi connectivity index (χ0) is 14.2. The number of nitrogens with zero attached hydrogens (tertiary/aromatic N) is 1. The number of likely N-dealkylation sites (tertiary alicyclic amines) is 1. The van der Waals surface area contributed by atoms with Crippen LogP contribution in [0.5, 0.6) is 0 Å². The predicted molar refractivity (Wildman–Crippen MR) is 83.2 cm³/mol. The van der Waals surface area contributed by atoms with Crippen molar-refractivity contribution in [2.24, 2.45) is 0 Å². The van der Waals surface area contributed by atoms with Crippen LogP contribution in [-0.4, -0.2) is 37.0 Å². The summed E-state index contributed by atoms with van der Waals surface area (Å²) in [6, 6.07) is 6.83. The minimum absolute atomic E-state index is 0. The standard InChI is InChI=1S/C16H21FN2O.ClH/c1-18-14-3-2-10-19(11-14)15(20)16(8-9-16)12-4-6-13(17)7-5-12;/h4-7,14,18H,2-3,8-11H2,1H3;1H. The lowest BCUT2D eigenvalue weighted by Gasteiger charge is -2.35. The van der Waals surface area contributed by atoms with Crippen molar-refractivity contribution in [1.82, 2.24) is 10.2 Å². The molecule has 1 saturated heterocycles. The van der Waals surface area contributed by atoms with Gasteiger partial charge in [-0.05, 0) is 50.4 Å². The summed E-state index contributed by atoms with van der Waals surface area (Å²) < 4.78 is 13.0. The Hall–Kier alpha value is -1.13. The van der Waals surface area contributed by atoms with Gasteiger partial charge in [-0.3, -0.25) is 4.79 Å². The first kappa shape index (κ1) is 16.2. The molecule has 21 heavy (non-hydrogen) atoms. The van der Waals surface area contributed by atoms with Gasteiger partial charge in [-0.1, -0.05) is 12.1 Å². The van der Waals surface area contributed by atoms with Crippen LogP contribution in [0.4, 0.5) is 4.39 Å². The van der Waals surface area contributed by atoms with E-state index in [0.29, 0.717) is 6.04 Å². The number of amides is 1. The highest BCUT2D eigenvalue weighted by Gasteiger charge is 2.53. The van der Waals surface area contributed by atoms with Gasteiger partial charge in [0, 0.05) is 19.1 Å². The highest BCUT2D eigenvalue weighted by molar-refractivity contribution is 5.91. The second-order valence-corrected chi connectivity index (χ2v) is 5.97. The van der Waals surface area contributed by atoms with Crippen molar-refractivity contribution in [1.29, 1.82) is 0 Å². The number of hydrogen-bond donors (Lipinski definition) is 1. The van der Waals surface area contributed by atoms with Crippen LogP contribution in [0.15, 0.2) is 24.3 Å². The van der Waals surface area contributed by atoms with Gasteiger partial charge in [-0.2, -0.15) is 0 Å². The molecule has 0 aromatic heterocycles. The fourth-order valence-corrected chi connectivity index (χ4v) is 3.22. The van der Waals surface area contributed by atoms with Crippen LogP contribution < -0.4 is 5.32 Å². The molecule has 1 amide bonds. The topological polar surface area (TPSA) is 32.3 Å². The van der Waals surface area contributed by atoms with E-state index in [1.54, 1.807) is 12.1 Å². The number of nitrogens with one attached hydrogen (secondary N) is 1. The van der Waals surface area contributed by atoms with Crippen LogP contribution in [0.3, 0.4) is 0 Å². The lowest BCUT2D eigenvalue weighted by molar-refractivity contribution is -0.135. The molecule has 1 unspecified atom stereocenters. The first-order valence-corrected chi connectivity index (χ1v) is 7.38. The number of halogens is 2. The maximum absolute atomic E-state index is 13.0. The lowest BCUT2D eigenvalue weighted by Crippen LogP contribution is -2.50. The van der Waals surface area contributed by atoms with E-state index in [1.807, 2.05) is 11.9 Å². The second kappa shape index (κ2) is 6.32. The van der Waals surface area contributed by atoms with E-state index in [-0.39, 0.29) is 29.5 Å². The second-order valence-electron chi connectivity index (χ2n) is 5.97. The number of hydrogen-bond acceptors (Lipinski definition) is 2. The monoisotopic (exact) mass is 312 g/mol. The van der Waals surface area contributed by atoms with Gasteiger partial charge >= 0.3 is 0 Å². The molecule has 1 atom stereocenters. The van der Waals surface area contributed by atoms with Crippen molar-refractivity contribution in [2.45, 2.75) is 37.1 Å². The van der Waals surface area contributed by atoms with Gasteiger partial charge in [-0.15, -0.1) is 12.4 Å². The first-order chi connectivity index (χ1) is 9.65. The van der Waals surface area contributed by atoms with Crippen LogP contribution in [0.1, 0.15) is 31.2 Å². The Morgan fingerprint density at radius 1 is 1.33 bits per heavy atom. The summed E-state index contributed by atoms with van der Waals surface area (Å²) in [6.07, 6.45) is 3.96. The highest BCUT2D eigenvalue weighted by atomic mass is 35.5. The molecule has 1 aliphatic carbocycles. The van der Waals surface area contributed by atoms with Crippen LogP contribution in [0, 0.1) is 5.82 Å². The SMILES string of the molecule is CNC1CCCN(C(=O)C2(c3ccc(F)cc3)CC2)C1.Cl. The van der Waals surface area contributed by atoms with Gasteiger partial charge in [-0.25, -0.2) is 4.39 Å². The van der Waals surface area contributed by atoms with E-state index >= 15 is 0 Å². The Kier molecular flexibility index (Phi) is 4.89. The van der Waals surface area contributed by atoms with Gasteiger partial charge in [0.05, 0.1) is 5.41 Å². The van der Waals surface area contributed by atoms with Gasteiger partial charge in [0.15, 0.2) is 0 Å². The summed E-state index contributed by atoms with van der Waals surface area (Å²) >= 11 is 0. The molecule has 5 heteroatoms. The van der Waals surface area contributed by atoms with E-state index in [4.69, 9.17) is 0 Å². The van der Waals surface area contributed by atoms with Crippen molar-refractivity contribution >= 4 is 18.3 Å². The third kappa shape index (κ3) is 3.06. The zero-order valence-corrected chi connectivity index (χ0v) is 13.1. The Morgan fingerprint density at radius 2 is 2.00 bits per heavy atom. The fraction of sp³-hybridized carbons (Fsp3) is 0.562. The summed E-state index contributed by atoms with van der Waals surface area (Å²) in [5.41, 5.74) is 0.596. The molecule has 2 fully saturated rings. The van der Waals surface area contributed by atoms with Crippen molar-refractivity contribution in [3.63, 3.8) is 0 Å². The third-order valence-corrected chi connectivity index (χ3v) is 4.67. The fourth-order valence-electron chi connectivity index (χ4n) is 3.22. The average molecular weight is 313 g/mol. The van der Waals surface area contributed by atoms with Crippen LogP contribution >= 0.6 is 12.4 Å². The quantitative estimate of drug-likeness (QED) is 0.930. The molecule has 2 aliphatic rings. The number of likely N-dealkylation sites (N-methyl/N-ethyl adjacent to an activating group) is 1. The number of piperidine rings is 1. The van der Waals surface area contributed by atoms with Gasteiger partial charge in [0.25, 0.3) is 0 Å². The molecular formula is C16H22ClFN2O. The molecule has 1 heterocycles. The molecule has 1 N–H and O–H groups in total. The lowest BCUT2D eigenvalue weighted by atomic mass is 9.93. The molecule has 1 saturated carbocycles. The molecule has 1 aliphatic heterocycles. The molecule has 0 bridgehead atoms. The van der Waals surface area contributed by atoms with Crippen LogP contribution in [0.25, 0.3) is 0 Å². The molecule has 0 spiro atoms. The van der Waals surface area contributed by atoms with Crippen molar-refractivity contribution in [3.05, 3.63) is 35.6 Å². The zero-order valence-electron chi connectivity index (χ0n) is 12.3. The number of carbonyl (C=O) groups excluding carboxylic acids is 1. The molecular weight excluding hydrogens is 291 g/mol. The normalized spacial score (nSPS) is 23.3. The minimum atomic E-state index is -0.372.